The summed E-state index contributed by atoms with van der Waals surface area (Å²) in [6.07, 6.45) is 0. The van der Waals surface area contributed by atoms with Crippen LogP contribution in [0.5, 0.6) is 11.5 Å². The number of carbonyl (C=O) groups is 1. The lowest BCUT2D eigenvalue weighted by molar-refractivity contribution is -0.114. The molecule has 0 fully saturated rings. The van der Waals surface area contributed by atoms with Crippen molar-refractivity contribution in [2.75, 3.05) is 34.1 Å². The maximum atomic E-state index is 13.7. The van der Waals surface area contributed by atoms with Gasteiger partial charge in [-0.1, -0.05) is 15.9 Å². The van der Waals surface area contributed by atoms with Crippen molar-refractivity contribution in [2.24, 2.45) is 0 Å². The second-order valence-corrected chi connectivity index (χ2v) is 13.4. The molecule has 1 aliphatic rings. The number of sulfonamides is 2. The third kappa shape index (κ3) is 6.66. The maximum Gasteiger partial charge on any atom is 0.264 e. The van der Waals surface area contributed by atoms with E-state index >= 15 is 0 Å². The van der Waals surface area contributed by atoms with Crippen LogP contribution < -0.4 is 23.8 Å². The quantitative estimate of drug-likeness (QED) is 0.255. The molecule has 14 heteroatoms. The van der Waals surface area contributed by atoms with E-state index in [0.29, 0.717) is 18.0 Å². The number of amides is 1. The summed E-state index contributed by atoms with van der Waals surface area (Å²) in [5.74, 6) is -0.659. The van der Waals surface area contributed by atoms with E-state index < -0.39 is 38.3 Å². The molecule has 0 aromatic heterocycles. The number of nitrogens with one attached hydrogen (secondary N) is 2. The number of ether oxygens (including phenoxy) is 2. The zero-order valence-electron chi connectivity index (χ0n) is 21.7. The second kappa shape index (κ2) is 12.0. The number of halogens is 2. The van der Waals surface area contributed by atoms with Crippen LogP contribution >= 0.6 is 15.9 Å². The molecule has 2 N–H and O–H groups in total. The summed E-state index contributed by atoms with van der Waals surface area (Å²) in [4.78, 5) is 12.9. The van der Waals surface area contributed by atoms with Crippen LogP contribution in [0, 0.1) is 5.82 Å². The predicted molar refractivity (Wildman–Crippen MR) is 158 cm³/mol. The highest BCUT2D eigenvalue weighted by atomic mass is 79.9. The number of carbonyl (C=O) groups excluding carboxylic acids is 1. The van der Waals surface area contributed by atoms with Crippen LogP contribution in [0.4, 0.5) is 21.5 Å². The number of nitrogens with zero attached hydrogens (tertiary/aromatic N) is 1. The van der Waals surface area contributed by atoms with Gasteiger partial charge in [0.15, 0.2) is 11.5 Å². The van der Waals surface area contributed by atoms with Crippen molar-refractivity contribution >= 4 is 58.9 Å². The van der Waals surface area contributed by atoms with Crippen molar-refractivity contribution in [3.8, 4) is 11.5 Å². The summed E-state index contributed by atoms with van der Waals surface area (Å²) in [6.45, 7) is -0.0792. The van der Waals surface area contributed by atoms with Crippen molar-refractivity contribution in [2.45, 2.75) is 9.79 Å². The van der Waals surface area contributed by atoms with Crippen molar-refractivity contribution in [1.82, 2.24) is 0 Å². The molecule has 0 unspecified atom stereocenters. The van der Waals surface area contributed by atoms with E-state index in [4.69, 9.17) is 9.47 Å². The van der Waals surface area contributed by atoms with Gasteiger partial charge in [-0.3, -0.25) is 13.8 Å². The fraction of sp³-hybridized carbons (Fsp3) is 0.107. The van der Waals surface area contributed by atoms with Crippen LogP contribution in [-0.4, -0.2) is 42.5 Å². The Bertz CT molecular complexity index is 1820. The highest BCUT2D eigenvalue weighted by Crippen LogP contribution is 2.34. The monoisotopic (exact) mass is 675 g/mol. The number of benzene rings is 4. The first kappa shape index (κ1) is 29.4. The molecule has 0 aliphatic carbocycles. The molecule has 1 amide bonds. The summed E-state index contributed by atoms with van der Waals surface area (Å²) in [6, 6.07) is 20.7. The molecule has 0 radical (unpaired) electrons. The molecule has 218 valence electrons. The van der Waals surface area contributed by atoms with Crippen LogP contribution in [0.2, 0.25) is 0 Å². The molecular formula is C28H23BrFN3O7S2. The van der Waals surface area contributed by atoms with Gasteiger partial charge in [-0.2, -0.15) is 0 Å². The Morgan fingerprint density at radius 3 is 2.05 bits per heavy atom. The molecule has 0 spiro atoms. The highest BCUT2D eigenvalue weighted by molar-refractivity contribution is 9.10. The molecule has 4 aromatic carbocycles. The van der Waals surface area contributed by atoms with Gasteiger partial charge >= 0.3 is 0 Å². The van der Waals surface area contributed by atoms with E-state index in [0.717, 1.165) is 20.9 Å². The van der Waals surface area contributed by atoms with Crippen molar-refractivity contribution in [3.63, 3.8) is 0 Å². The topological polar surface area (TPSA) is 131 Å². The smallest absolute Gasteiger partial charge is 0.264 e. The van der Waals surface area contributed by atoms with Gasteiger partial charge in [-0.25, -0.2) is 21.2 Å². The van der Waals surface area contributed by atoms with Crippen molar-refractivity contribution in [1.29, 1.82) is 0 Å². The van der Waals surface area contributed by atoms with Crippen molar-refractivity contribution in [3.05, 3.63) is 101 Å². The largest absolute Gasteiger partial charge is 0.486 e. The average molecular weight is 677 g/mol. The number of rotatable bonds is 9. The van der Waals surface area contributed by atoms with Crippen LogP contribution in [0.25, 0.3) is 0 Å². The summed E-state index contributed by atoms with van der Waals surface area (Å²) in [7, 11) is -8.22. The lowest BCUT2D eigenvalue weighted by atomic mass is 10.3. The Labute approximate surface area is 250 Å². The van der Waals surface area contributed by atoms with Gasteiger partial charge in [0.1, 0.15) is 25.6 Å². The first-order valence-electron chi connectivity index (χ1n) is 12.4. The molecule has 10 nitrogen and oxygen atoms in total. The van der Waals surface area contributed by atoms with E-state index in [1.54, 1.807) is 24.3 Å². The predicted octanol–water partition coefficient (Wildman–Crippen LogP) is 4.99. The molecule has 0 bridgehead atoms. The van der Waals surface area contributed by atoms with Crippen LogP contribution in [0.3, 0.4) is 0 Å². The molecule has 0 atom stereocenters. The van der Waals surface area contributed by atoms with Gasteiger partial charge in [0, 0.05) is 21.9 Å². The van der Waals surface area contributed by atoms with E-state index in [9.17, 15) is 26.0 Å². The van der Waals surface area contributed by atoms with E-state index in [2.05, 4.69) is 26.0 Å². The van der Waals surface area contributed by atoms with Gasteiger partial charge in [0.05, 0.1) is 15.5 Å². The molecule has 0 saturated heterocycles. The summed E-state index contributed by atoms with van der Waals surface area (Å²) >= 11 is 3.29. The minimum atomic E-state index is -4.32. The van der Waals surface area contributed by atoms with Gasteiger partial charge in [-0.15, -0.1) is 0 Å². The average Bonchev–Trinajstić information content (AvgIpc) is 2.97. The van der Waals surface area contributed by atoms with Gasteiger partial charge in [0.25, 0.3) is 20.0 Å². The molecule has 4 aromatic rings. The Morgan fingerprint density at radius 1 is 0.786 bits per heavy atom. The van der Waals surface area contributed by atoms with Gasteiger partial charge < -0.3 is 14.8 Å². The molecule has 0 saturated carbocycles. The molecular weight excluding hydrogens is 653 g/mol. The maximum absolute atomic E-state index is 13.7. The van der Waals surface area contributed by atoms with E-state index in [1.807, 2.05) is 0 Å². The highest BCUT2D eigenvalue weighted by Gasteiger charge is 2.29. The number of hydrogen-bond acceptors (Lipinski definition) is 7. The Hall–Kier alpha value is -4.14. The SMILES string of the molecule is O=C(CN(c1ccc(F)cc1)S(=O)(=O)c1ccc2c(c1)OCCO2)Nc1ccc(S(=O)(=O)Nc2ccc(Br)cc2)cc1. The van der Waals surface area contributed by atoms with Crippen LogP contribution in [0.1, 0.15) is 0 Å². The van der Waals surface area contributed by atoms with Crippen LogP contribution in [0.15, 0.2) is 105 Å². The minimum absolute atomic E-state index is 0.0439. The third-order valence-electron chi connectivity index (χ3n) is 6.05. The number of anilines is 3. The molecule has 5 rings (SSSR count). The third-order valence-corrected chi connectivity index (χ3v) is 9.74. The zero-order valence-corrected chi connectivity index (χ0v) is 24.9. The molecule has 1 heterocycles. The Kier molecular flexibility index (Phi) is 8.38. The van der Waals surface area contributed by atoms with Gasteiger partial charge in [-0.05, 0) is 84.9 Å². The number of hydrogen-bond donors (Lipinski definition) is 2. The minimum Gasteiger partial charge on any atom is -0.486 e. The fourth-order valence-corrected chi connectivity index (χ4v) is 6.77. The summed E-state index contributed by atoms with van der Waals surface area (Å²) in [5, 5.41) is 2.58. The van der Waals surface area contributed by atoms with E-state index in [1.165, 1.54) is 54.6 Å². The first-order valence-corrected chi connectivity index (χ1v) is 16.1. The molecule has 42 heavy (non-hydrogen) atoms. The standard InChI is InChI=1S/C28H23BrFN3O7S2/c29-19-1-5-22(6-2-19)32-41(35,36)24-11-7-21(8-12-24)31-28(34)18-33(23-9-3-20(30)4-10-23)42(37,38)25-13-14-26-27(17-25)40-16-15-39-26/h1-14,17,32H,15-16,18H2,(H,31,34). The zero-order chi connectivity index (χ0) is 29.9. The molecule has 1 aliphatic heterocycles. The summed E-state index contributed by atoms with van der Waals surface area (Å²) < 4.78 is 81.6. The van der Waals surface area contributed by atoms with Gasteiger partial charge in [0.2, 0.25) is 5.91 Å². The first-order chi connectivity index (χ1) is 20.0. The Balaban J connectivity index is 1.35. The Morgan fingerprint density at radius 2 is 1.38 bits per heavy atom. The fourth-order valence-electron chi connectivity index (χ4n) is 4.01. The lowest BCUT2D eigenvalue weighted by Gasteiger charge is -2.25. The van der Waals surface area contributed by atoms with E-state index in [-0.39, 0.29) is 33.5 Å². The van der Waals surface area contributed by atoms with Crippen LogP contribution in [-0.2, 0) is 24.8 Å². The second-order valence-electron chi connectivity index (χ2n) is 8.98. The summed E-state index contributed by atoms with van der Waals surface area (Å²) in [5.41, 5.74) is 0.663. The van der Waals surface area contributed by atoms with Crippen molar-refractivity contribution < 1.29 is 35.5 Å². The number of fused-ring (bicyclic) bond motifs is 1. The normalized spacial score (nSPS) is 12.8. The lowest BCUT2D eigenvalue weighted by Crippen LogP contribution is -2.38.